The van der Waals surface area contributed by atoms with Crippen molar-refractivity contribution < 1.29 is 0 Å². The van der Waals surface area contributed by atoms with Gasteiger partial charge in [0, 0.05) is 10.5 Å². The highest BCUT2D eigenvalue weighted by atomic mass is 79.9. The van der Waals surface area contributed by atoms with Gasteiger partial charge in [-0.3, -0.25) is 0 Å². The molecule has 0 fully saturated rings. The van der Waals surface area contributed by atoms with E-state index in [2.05, 4.69) is 54.0 Å². The van der Waals surface area contributed by atoms with Crippen molar-refractivity contribution in [2.24, 2.45) is 11.7 Å². The third-order valence-electron chi connectivity index (χ3n) is 2.25. The van der Waals surface area contributed by atoms with E-state index in [4.69, 9.17) is 5.73 Å². The maximum absolute atomic E-state index is 5.77. The van der Waals surface area contributed by atoms with E-state index < -0.39 is 0 Å². The average molecular weight is 256 g/mol. The van der Waals surface area contributed by atoms with Crippen molar-refractivity contribution in [1.82, 2.24) is 0 Å². The van der Waals surface area contributed by atoms with Crippen LogP contribution in [0.4, 0.5) is 0 Å². The minimum atomic E-state index is 0.303. The van der Waals surface area contributed by atoms with Crippen LogP contribution in [0.25, 0.3) is 0 Å². The van der Waals surface area contributed by atoms with Gasteiger partial charge >= 0.3 is 0 Å². The molecule has 2 N–H and O–H groups in total. The second kappa shape index (κ2) is 5.52. The minimum absolute atomic E-state index is 0.303. The van der Waals surface area contributed by atoms with E-state index in [1.165, 1.54) is 5.56 Å². The summed E-state index contributed by atoms with van der Waals surface area (Å²) in [5, 5.41) is 0. The lowest BCUT2D eigenvalue weighted by molar-refractivity contribution is 0.480. The molecule has 0 spiro atoms. The van der Waals surface area contributed by atoms with Crippen molar-refractivity contribution in [1.29, 1.82) is 0 Å². The average Bonchev–Trinajstić information content (AvgIpc) is 2.01. The minimum Gasteiger partial charge on any atom is -0.328 e. The zero-order valence-electron chi connectivity index (χ0n) is 8.83. The van der Waals surface area contributed by atoms with Crippen LogP contribution in [0.5, 0.6) is 0 Å². The van der Waals surface area contributed by atoms with Crippen LogP contribution >= 0.6 is 15.9 Å². The van der Waals surface area contributed by atoms with E-state index in [9.17, 15) is 0 Å². The Morgan fingerprint density at radius 2 is 2.07 bits per heavy atom. The smallest absolute Gasteiger partial charge is 0.0177 e. The maximum atomic E-state index is 5.77. The van der Waals surface area contributed by atoms with E-state index in [0.29, 0.717) is 12.0 Å². The molecule has 0 amide bonds. The molecule has 2 unspecified atom stereocenters. The van der Waals surface area contributed by atoms with E-state index in [-0.39, 0.29) is 0 Å². The summed E-state index contributed by atoms with van der Waals surface area (Å²) < 4.78 is 1.16. The summed E-state index contributed by atoms with van der Waals surface area (Å²) >= 11 is 3.48. The van der Waals surface area contributed by atoms with Crippen LogP contribution in [0.1, 0.15) is 25.8 Å². The van der Waals surface area contributed by atoms with E-state index >= 15 is 0 Å². The Kier molecular flexibility index (Phi) is 4.63. The third-order valence-corrected chi connectivity index (χ3v) is 2.74. The molecule has 2 heteroatoms. The van der Waals surface area contributed by atoms with Crippen LogP contribution in [0.2, 0.25) is 0 Å². The zero-order chi connectivity index (χ0) is 10.6. The largest absolute Gasteiger partial charge is 0.328 e. The first kappa shape index (κ1) is 11.7. The van der Waals surface area contributed by atoms with Gasteiger partial charge in [0.05, 0.1) is 0 Å². The van der Waals surface area contributed by atoms with Gasteiger partial charge < -0.3 is 5.73 Å². The molecule has 0 saturated carbocycles. The molecule has 1 aromatic carbocycles. The molecule has 1 rings (SSSR count). The van der Waals surface area contributed by atoms with Gasteiger partial charge in [0.15, 0.2) is 0 Å². The van der Waals surface area contributed by atoms with Crippen LogP contribution < -0.4 is 5.73 Å². The Hall–Kier alpha value is -0.340. The Bertz CT molecular complexity index is 283. The van der Waals surface area contributed by atoms with Crippen molar-refractivity contribution >= 4 is 15.9 Å². The summed E-state index contributed by atoms with van der Waals surface area (Å²) in [6, 6.07) is 8.79. The number of rotatable bonds is 4. The third kappa shape index (κ3) is 4.25. The first-order valence-electron chi connectivity index (χ1n) is 5.08. The summed E-state index contributed by atoms with van der Waals surface area (Å²) in [4.78, 5) is 0. The molecule has 0 aliphatic heterocycles. The number of hydrogen-bond donors (Lipinski definition) is 1. The molecular formula is C12H18BrN. The standard InChI is InChI=1S/C12H18BrN/c1-9(6-10(2)14)7-11-4-3-5-12(13)8-11/h3-5,8-10H,6-7,14H2,1-2H3. The monoisotopic (exact) mass is 255 g/mol. The van der Waals surface area contributed by atoms with Gasteiger partial charge in [-0.1, -0.05) is 35.0 Å². The lowest BCUT2D eigenvalue weighted by atomic mass is 9.95. The van der Waals surface area contributed by atoms with Crippen LogP contribution in [0.15, 0.2) is 28.7 Å². The van der Waals surface area contributed by atoms with Crippen LogP contribution in [-0.4, -0.2) is 6.04 Å². The highest BCUT2D eigenvalue weighted by Crippen LogP contribution is 2.17. The SMILES string of the molecule is CC(N)CC(C)Cc1cccc(Br)c1. The van der Waals surface area contributed by atoms with Gasteiger partial charge in [-0.15, -0.1) is 0 Å². The van der Waals surface area contributed by atoms with Gasteiger partial charge in [0.2, 0.25) is 0 Å². The van der Waals surface area contributed by atoms with Crippen molar-refractivity contribution in [3.8, 4) is 0 Å². The van der Waals surface area contributed by atoms with E-state index in [1.807, 2.05) is 0 Å². The van der Waals surface area contributed by atoms with Crippen molar-refractivity contribution in [2.45, 2.75) is 32.7 Å². The summed E-state index contributed by atoms with van der Waals surface area (Å²) in [6.45, 7) is 4.32. The molecule has 0 aromatic heterocycles. The molecule has 14 heavy (non-hydrogen) atoms. The van der Waals surface area contributed by atoms with E-state index in [1.54, 1.807) is 0 Å². The molecule has 0 aliphatic carbocycles. The second-order valence-corrected chi connectivity index (χ2v) is 5.07. The molecular weight excluding hydrogens is 238 g/mol. The van der Waals surface area contributed by atoms with E-state index in [0.717, 1.165) is 17.3 Å². The Morgan fingerprint density at radius 1 is 1.36 bits per heavy atom. The fourth-order valence-corrected chi connectivity index (χ4v) is 2.23. The summed E-state index contributed by atoms with van der Waals surface area (Å²) in [6.07, 6.45) is 2.20. The van der Waals surface area contributed by atoms with Gasteiger partial charge in [-0.2, -0.15) is 0 Å². The highest BCUT2D eigenvalue weighted by Gasteiger charge is 2.06. The van der Waals surface area contributed by atoms with Gasteiger partial charge in [-0.05, 0) is 43.4 Å². The lowest BCUT2D eigenvalue weighted by Crippen LogP contribution is -2.19. The highest BCUT2D eigenvalue weighted by molar-refractivity contribution is 9.10. The maximum Gasteiger partial charge on any atom is 0.0177 e. The number of nitrogens with two attached hydrogens (primary N) is 1. The van der Waals surface area contributed by atoms with Gasteiger partial charge in [0.25, 0.3) is 0 Å². The fraction of sp³-hybridized carbons (Fsp3) is 0.500. The van der Waals surface area contributed by atoms with Crippen LogP contribution in [0, 0.1) is 5.92 Å². The Balaban J connectivity index is 2.51. The number of benzene rings is 1. The summed E-state index contributed by atoms with van der Waals surface area (Å²) in [5.74, 6) is 0.657. The molecule has 78 valence electrons. The molecule has 0 aliphatic rings. The predicted molar refractivity (Wildman–Crippen MR) is 65.3 cm³/mol. The molecule has 0 heterocycles. The Labute approximate surface area is 94.8 Å². The normalized spacial score (nSPS) is 15.1. The predicted octanol–water partition coefficient (Wildman–Crippen LogP) is 3.37. The Morgan fingerprint density at radius 3 is 2.64 bits per heavy atom. The molecule has 1 aromatic rings. The number of hydrogen-bond acceptors (Lipinski definition) is 1. The van der Waals surface area contributed by atoms with Crippen LogP contribution in [-0.2, 0) is 6.42 Å². The summed E-state index contributed by atoms with van der Waals surface area (Å²) in [5.41, 5.74) is 7.15. The summed E-state index contributed by atoms with van der Waals surface area (Å²) in [7, 11) is 0. The van der Waals surface area contributed by atoms with Gasteiger partial charge in [-0.25, -0.2) is 0 Å². The molecule has 2 atom stereocenters. The zero-order valence-corrected chi connectivity index (χ0v) is 10.4. The van der Waals surface area contributed by atoms with Crippen LogP contribution in [0.3, 0.4) is 0 Å². The fourth-order valence-electron chi connectivity index (χ4n) is 1.78. The first-order chi connectivity index (χ1) is 6.58. The van der Waals surface area contributed by atoms with Crippen molar-refractivity contribution in [3.63, 3.8) is 0 Å². The quantitative estimate of drug-likeness (QED) is 0.878. The molecule has 0 bridgehead atoms. The molecule has 0 saturated heterocycles. The van der Waals surface area contributed by atoms with Crippen molar-refractivity contribution in [2.75, 3.05) is 0 Å². The first-order valence-corrected chi connectivity index (χ1v) is 5.87. The lowest BCUT2D eigenvalue weighted by Gasteiger charge is -2.13. The van der Waals surface area contributed by atoms with Crippen molar-refractivity contribution in [3.05, 3.63) is 34.3 Å². The molecule has 0 radical (unpaired) electrons. The number of halogens is 1. The molecule has 1 nitrogen and oxygen atoms in total. The second-order valence-electron chi connectivity index (χ2n) is 4.15. The topological polar surface area (TPSA) is 26.0 Å². The van der Waals surface area contributed by atoms with Gasteiger partial charge in [0.1, 0.15) is 0 Å².